The monoisotopic (exact) mass is 307 g/mol. The van der Waals surface area contributed by atoms with Crippen LogP contribution in [0.5, 0.6) is 0 Å². The van der Waals surface area contributed by atoms with Gasteiger partial charge in [0.15, 0.2) is 5.82 Å². The van der Waals surface area contributed by atoms with E-state index in [0.29, 0.717) is 31.1 Å². The van der Waals surface area contributed by atoms with Crippen LogP contribution in [0.25, 0.3) is 0 Å². The lowest BCUT2D eigenvalue weighted by molar-refractivity contribution is -0.0267. The first-order valence-corrected chi connectivity index (χ1v) is 7.75. The molecule has 1 atom stereocenters. The molecule has 8 heteroatoms. The second-order valence-electron chi connectivity index (χ2n) is 4.92. The SMILES string of the molecule is CCc1nc(C2CN(C(=O)c3csnc3C)CCO2)n[nH]1. The molecule has 1 unspecified atom stereocenters. The van der Waals surface area contributed by atoms with Gasteiger partial charge in [0.25, 0.3) is 5.91 Å². The van der Waals surface area contributed by atoms with E-state index >= 15 is 0 Å². The molecule has 1 amide bonds. The molecule has 0 aromatic carbocycles. The van der Waals surface area contributed by atoms with Gasteiger partial charge in [-0.15, -0.1) is 0 Å². The lowest BCUT2D eigenvalue weighted by Crippen LogP contribution is -2.42. The van der Waals surface area contributed by atoms with E-state index < -0.39 is 0 Å². The Morgan fingerprint density at radius 1 is 1.62 bits per heavy atom. The number of hydrogen-bond donors (Lipinski definition) is 1. The molecule has 0 bridgehead atoms. The molecule has 112 valence electrons. The lowest BCUT2D eigenvalue weighted by atomic mass is 10.2. The summed E-state index contributed by atoms with van der Waals surface area (Å²) in [6.07, 6.45) is 0.522. The van der Waals surface area contributed by atoms with E-state index in [1.165, 1.54) is 11.5 Å². The summed E-state index contributed by atoms with van der Waals surface area (Å²) >= 11 is 1.30. The number of amides is 1. The highest BCUT2D eigenvalue weighted by Crippen LogP contribution is 2.22. The quantitative estimate of drug-likeness (QED) is 0.925. The molecule has 1 N–H and O–H groups in total. The molecule has 0 saturated carbocycles. The zero-order valence-corrected chi connectivity index (χ0v) is 12.8. The molecule has 0 radical (unpaired) electrons. The van der Waals surface area contributed by atoms with Crippen molar-refractivity contribution >= 4 is 17.4 Å². The first kappa shape index (κ1) is 14.2. The molecule has 7 nitrogen and oxygen atoms in total. The summed E-state index contributed by atoms with van der Waals surface area (Å²) in [4.78, 5) is 18.7. The predicted molar refractivity (Wildman–Crippen MR) is 77.2 cm³/mol. The van der Waals surface area contributed by atoms with Crippen LogP contribution in [0.15, 0.2) is 5.38 Å². The molecule has 0 spiro atoms. The number of nitrogens with one attached hydrogen (secondary N) is 1. The Kier molecular flexibility index (Phi) is 3.98. The first-order valence-electron chi connectivity index (χ1n) is 6.92. The van der Waals surface area contributed by atoms with Gasteiger partial charge in [0, 0.05) is 18.3 Å². The van der Waals surface area contributed by atoms with E-state index in [1.54, 1.807) is 10.3 Å². The maximum atomic E-state index is 12.5. The van der Waals surface area contributed by atoms with Crippen molar-refractivity contribution in [3.8, 4) is 0 Å². The van der Waals surface area contributed by atoms with E-state index in [0.717, 1.165) is 17.9 Å². The number of aromatic nitrogens is 4. The molecule has 3 heterocycles. The first-order chi connectivity index (χ1) is 10.2. The predicted octanol–water partition coefficient (Wildman–Crippen LogP) is 1.35. The van der Waals surface area contributed by atoms with Crippen LogP contribution in [-0.2, 0) is 11.2 Å². The molecule has 1 aliphatic rings. The number of aromatic amines is 1. The van der Waals surface area contributed by atoms with Crippen LogP contribution < -0.4 is 0 Å². The summed E-state index contributed by atoms with van der Waals surface area (Å²) in [5.41, 5.74) is 1.45. The van der Waals surface area contributed by atoms with Gasteiger partial charge in [-0.1, -0.05) is 6.92 Å². The largest absolute Gasteiger partial charge is 0.366 e. The number of carbonyl (C=O) groups is 1. The van der Waals surface area contributed by atoms with Gasteiger partial charge in [-0.25, -0.2) is 4.98 Å². The molecular formula is C13H17N5O2S. The fraction of sp³-hybridized carbons (Fsp3) is 0.538. The topological polar surface area (TPSA) is 84.0 Å². The maximum absolute atomic E-state index is 12.5. The summed E-state index contributed by atoms with van der Waals surface area (Å²) < 4.78 is 9.86. The molecule has 1 fully saturated rings. The van der Waals surface area contributed by atoms with Crippen molar-refractivity contribution in [2.24, 2.45) is 0 Å². The molecule has 1 saturated heterocycles. The number of morpholine rings is 1. The van der Waals surface area contributed by atoms with E-state index in [1.807, 2.05) is 13.8 Å². The molecule has 2 aromatic rings. The molecule has 2 aromatic heterocycles. The van der Waals surface area contributed by atoms with Gasteiger partial charge in [0.1, 0.15) is 11.9 Å². The van der Waals surface area contributed by atoms with Gasteiger partial charge in [-0.2, -0.15) is 9.47 Å². The Bertz CT molecular complexity index is 638. The Morgan fingerprint density at radius 3 is 3.14 bits per heavy atom. The smallest absolute Gasteiger partial charge is 0.256 e. The van der Waals surface area contributed by atoms with Gasteiger partial charge in [-0.3, -0.25) is 9.89 Å². The van der Waals surface area contributed by atoms with Gasteiger partial charge in [0.05, 0.1) is 24.4 Å². The Morgan fingerprint density at radius 2 is 2.48 bits per heavy atom. The molecule has 1 aliphatic heterocycles. The maximum Gasteiger partial charge on any atom is 0.256 e. The number of nitrogens with zero attached hydrogens (tertiary/aromatic N) is 4. The third kappa shape index (κ3) is 2.81. The fourth-order valence-electron chi connectivity index (χ4n) is 2.27. The second kappa shape index (κ2) is 5.90. The Balaban J connectivity index is 1.74. The highest BCUT2D eigenvalue weighted by atomic mass is 32.1. The molecule has 3 rings (SSSR count). The summed E-state index contributed by atoms with van der Waals surface area (Å²) in [6, 6.07) is 0. The summed E-state index contributed by atoms with van der Waals surface area (Å²) in [6.45, 7) is 5.40. The van der Waals surface area contributed by atoms with Crippen LogP contribution in [0.1, 0.15) is 40.7 Å². The Hall–Kier alpha value is -1.80. The van der Waals surface area contributed by atoms with Crippen molar-refractivity contribution in [2.75, 3.05) is 19.7 Å². The third-order valence-corrected chi connectivity index (χ3v) is 4.23. The summed E-state index contributed by atoms with van der Waals surface area (Å²) in [7, 11) is 0. The summed E-state index contributed by atoms with van der Waals surface area (Å²) in [5.74, 6) is 1.44. The van der Waals surface area contributed by atoms with Crippen molar-refractivity contribution in [2.45, 2.75) is 26.4 Å². The van der Waals surface area contributed by atoms with Crippen LogP contribution >= 0.6 is 11.5 Å². The average Bonchev–Trinajstić information content (AvgIpc) is 3.15. The standard InChI is InChI=1S/C13H17N5O2S/c1-3-11-14-12(16-15-11)10-6-18(4-5-20-10)13(19)9-7-21-17-8(9)2/h7,10H,3-6H2,1-2H3,(H,14,15,16). The third-order valence-electron chi connectivity index (χ3n) is 3.51. The number of rotatable bonds is 3. The van der Waals surface area contributed by atoms with Crippen molar-refractivity contribution < 1.29 is 9.53 Å². The minimum absolute atomic E-state index is 0.000741. The minimum atomic E-state index is -0.272. The number of ether oxygens (including phenoxy) is 1. The molecular weight excluding hydrogens is 290 g/mol. The highest BCUT2D eigenvalue weighted by molar-refractivity contribution is 7.03. The van der Waals surface area contributed by atoms with Crippen LogP contribution in [0.3, 0.4) is 0 Å². The average molecular weight is 307 g/mol. The van der Waals surface area contributed by atoms with E-state index in [-0.39, 0.29) is 12.0 Å². The number of aryl methyl sites for hydroxylation is 2. The number of hydrogen-bond acceptors (Lipinski definition) is 6. The van der Waals surface area contributed by atoms with E-state index in [9.17, 15) is 4.79 Å². The van der Waals surface area contributed by atoms with Crippen LogP contribution in [0.2, 0.25) is 0 Å². The van der Waals surface area contributed by atoms with Crippen LogP contribution in [0, 0.1) is 6.92 Å². The van der Waals surface area contributed by atoms with Gasteiger partial charge in [0.2, 0.25) is 0 Å². The van der Waals surface area contributed by atoms with Crippen LogP contribution in [-0.4, -0.2) is 50.1 Å². The number of carbonyl (C=O) groups excluding carboxylic acids is 1. The lowest BCUT2D eigenvalue weighted by Gasteiger charge is -2.31. The normalized spacial score (nSPS) is 19.0. The molecule has 21 heavy (non-hydrogen) atoms. The second-order valence-corrected chi connectivity index (χ2v) is 5.55. The van der Waals surface area contributed by atoms with Crippen molar-refractivity contribution in [3.63, 3.8) is 0 Å². The fourth-order valence-corrected chi connectivity index (χ4v) is 2.96. The van der Waals surface area contributed by atoms with E-state index in [4.69, 9.17) is 4.74 Å². The van der Waals surface area contributed by atoms with Crippen molar-refractivity contribution in [1.82, 2.24) is 24.5 Å². The zero-order chi connectivity index (χ0) is 14.8. The molecule has 0 aliphatic carbocycles. The van der Waals surface area contributed by atoms with Crippen molar-refractivity contribution in [1.29, 1.82) is 0 Å². The van der Waals surface area contributed by atoms with Gasteiger partial charge in [-0.05, 0) is 18.5 Å². The van der Waals surface area contributed by atoms with Crippen LogP contribution in [0.4, 0.5) is 0 Å². The van der Waals surface area contributed by atoms with Gasteiger partial charge < -0.3 is 9.64 Å². The van der Waals surface area contributed by atoms with Gasteiger partial charge >= 0.3 is 0 Å². The zero-order valence-electron chi connectivity index (χ0n) is 12.0. The Labute approximate surface area is 126 Å². The highest BCUT2D eigenvalue weighted by Gasteiger charge is 2.29. The van der Waals surface area contributed by atoms with E-state index in [2.05, 4.69) is 19.6 Å². The number of H-pyrrole nitrogens is 1. The minimum Gasteiger partial charge on any atom is -0.366 e. The summed E-state index contributed by atoms with van der Waals surface area (Å²) in [5, 5.41) is 8.85. The van der Waals surface area contributed by atoms with Crippen molar-refractivity contribution in [3.05, 3.63) is 28.3 Å².